The molecule has 0 aliphatic heterocycles. The fourth-order valence-electron chi connectivity index (χ4n) is 4.47. The molecule has 8 nitrogen and oxygen atoms in total. The second-order valence-electron chi connectivity index (χ2n) is 9.64. The summed E-state index contributed by atoms with van der Waals surface area (Å²) in [6.45, 7) is 9.33. The summed E-state index contributed by atoms with van der Waals surface area (Å²) in [6, 6.07) is 1.97. The summed E-state index contributed by atoms with van der Waals surface area (Å²) in [4.78, 5) is 32.8. The minimum absolute atomic E-state index is 0.121. The molecule has 0 radical (unpaired) electrons. The third-order valence-electron chi connectivity index (χ3n) is 6.35. The van der Waals surface area contributed by atoms with Crippen molar-refractivity contribution < 1.29 is 14.3 Å². The lowest BCUT2D eigenvalue weighted by Crippen LogP contribution is -2.27. The van der Waals surface area contributed by atoms with Gasteiger partial charge in [-0.2, -0.15) is 5.10 Å². The first kappa shape index (κ1) is 25.3. The number of amides is 2. The fraction of sp³-hybridized carbons (Fsp3) is 0.538. The molecular weight excluding hydrogens is 462 g/mol. The van der Waals surface area contributed by atoms with Crippen molar-refractivity contribution in [2.24, 2.45) is 0 Å². The number of carbonyl (C=O) groups excluding carboxylic acids is 2. The van der Waals surface area contributed by atoms with E-state index in [0.717, 1.165) is 43.4 Å². The minimum atomic E-state index is -0.241. The second-order valence-corrected chi connectivity index (χ2v) is 10.7. The molecule has 2 N–H and O–H groups in total. The number of methoxy groups -OCH3 is 1. The quantitative estimate of drug-likeness (QED) is 0.401. The summed E-state index contributed by atoms with van der Waals surface area (Å²) in [5, 5.41) is 11.9. The third-order valence-corrected chi connectivity index (χ3v) is 7.56. The highest BCUT2D eigenvalue weighted by Gasteiger charge is 2.27. The van der Waals surface area contributed by atoms with Gasteiger partial charge in [0.05, 0.1) is 22.7 Å². The number of carbonyl (C=O) groups is 2. The maximum atomic E-state index is 13.7. The van der Waals surface area contributed by atoms with E-state index in [0.29, 0.717) is 40.3 Å². The van der Waals surface area contributed by atoms with Gasteiger partial charge >= 0.3 is 0 Å². The number of nitrogens with zero attached hydrogens (tertiary/aromatic N) is 3. The Morgan fingerprint density at radius 1 is 1.17 bits per heavy atom. The number of pyridine rings is 1. The van der Waals surface area contributed by atoms with Crippen molar-refractivity contribution in [1.29, 1.82) is 0 Å². The van der Waals surface area contributed by atoms with Crippen molar-refractivity contribution in [1.82, 2.24) is 20.1 Å². The molecule has 2 amide bonds. The van der Waals surface area contributed by atoms with Crippen molar-refractivity contribution >= 4 is 39.2 Å². The van der Waals surface area contributed by atoms with Gasteiger partial charge in [-0.15, -0.1) is 11.3 Å². The minimum Gasteiger partial charge on any atom is -0.385 e. The van der Waals surface area contributed by atoms with E-state index < -0.39 is 0 Å². The number of rotatable bonds is 9. The monoisotopic (exact) mass is 497 g/mol. The van der Waals surface area contributed by atoms with Crippen LogP contribution in [0.4, 0.5) is 5.00 Å². The van der Waals surface area contributed by atoms with Gasteiger partial charge in [-0.25, -0.2) is 9.67 Å². The Morgan fingerprint density at radius 2 is 1.94 bits per heavy atom. The molecule has 3 aromatic heterocycles. The summed E-state index contributed by atoms with van der Waals surface area (Å²) in [5.74, 6) is -0.218. The van der Waals surface area contributed by atoms with Crippen molar-refractivity contribution in [2.75, 3.05) is 25.6 Å². The maximum absolute atomic E-state index is 13.7. The molecule has 3 heterocycles. The van der Waals surface area contributed by atoms with Crippen LogP contribution in [-0.4, -0.2) is 46.8 Å². The van der Waals surface area contributed by atoms with E-state index >= 15 is 0 Å². The summed E-state index contributed by atoms with van der Waals surface area (Å²) in [6.07, 6.45) is 6.41. The summed E-state index contributed by atoms with van der Waals surface area (Å²) >= 11 is 1.53. The zero-order valence-corrected chi connectivity index (χ0v) is 22.1. The molecule has 3 aromatic rings. The highest BCUT2D eigenvalue weighted by atomic mass is 32.1. The molecule has 0 aromatic carbocycles. The highest BCUT2D eigenvalue weighted by molar-refractivity contribution is 7.17. The highest BCUT2D eigenvalue weighted by Crippen LogP contribution is 2.38. The summed E-state index contributed by atoms with van der Waals surface area (Å²) in [7, 11) is 1.65. The Bertz CT molecular complexity index is 1230. The van der Waals surface area contributed by atoms with Crippen LogP contribution in [0.2, 0.25) is 0 Å². The fourth-order valence-corrected chi connectivity index (χ4v) is 5.75. The normalized spacial score (nSPS) is 13.5. The van der Waals surface area contributed by atoms with Gasteiger partial charge in [-0.05, 0) is 63.5 Å². The number of fused-ring (bicyclic) bond motifs is 2. The van der Waals surface area contributed by atoms with Crippen molar-refractivity contribution in [3.8, 4) is 0 Å². The average Bonchev–Trinajstić information content (AvgIpc) is 3.42. The predicted octanol–water partition coefficient (Wildman–Crippen LogP) is 5.09. The molecule has 1 aliphatic carbocycles. The van der Waals surface area contributed by atoms with Gasteiger partial charge in [0.15, 0.2) is 5.65 Å². The molecule has 9 heteroatoms. The molecule has 0 saturated carbocycles. The lowest BCUT2D eigenvalue weighted by atomic mass is 9.95. The molecule has 35 heavy (non-hydrogen) atoms. The van der Waals surface area contributed by atoms with Crippen molar-refractivity contribution in [3.05, 3.63) is 39.5 Å². The largest absolute Gasteiger partial charge is 0.385 e. The Morgan fingerprint density at radius 3 is 2.66 bits per heavy atom. The molecule has 0 spiro atoms. The Hall–Kier alpha value is -2.78. The lowest BCUT2D eigenvalue weighted by Gasteiger charge is -2.14. The SMILES string of the molecule is COCCCNC(=O)c1c(NC(=O)c2cc(C(C)C)nc3c2cnn3C(C)C)sc2c1CCCC2. The number of ether oxygens (including phenoxy) is 1. The number of hydrogen-bond donors (Lipinski definition) is 2. The predicted molar refractivity (Wildman–Crippen MR) is 140 cm³/mol. The van der Waals surface area contributed by atoms with Crippen LogP contribution in [0, 0.1) is 0 Å². The Labute approximate surface area is 210 Å². The smallest absolute Gasteiger partial charge is 0.257 e. The lowest BCUT2D eigenvalue weighted by molar-refractivity contribution is 0.0948. The zero-order chi connectivity index (χ0) is 25.1. The number of thiophene rings is 1. The van der Waals surface area contributed by atoms with Crippen LogP contribution in [0.5, 0.6) is 0 Å². The summed E-state index contributed by atoms with van der Waals surface area (Å²) in [5.41, 5.74) is 3.77. The first-order valence-electron chi connectivity index (χ1n) is 12.4. The van der Waals surface area contributed by atoms with Crippen LogP contribution < -0.4 is 10.6 Å². The molecule has 0 bridgehead atoms. The molecule has 0 unspecified atom stereocenters. The van der Waals surface area contributed by atoms with Gasteiger partial charge < -0.3 is 15.4 Å². The van der Waals surface area contributed by atoms with E-state index in [1.54, 1.807) is 13.3 Å². The van der Waals surface area contributed by atoms with Gasteiger partial charge in [0.2, 0.25) is 0 Å². The topological polar surface area (TPSA) is 98.1 Å². The van der Waals surface area contributed by atoms with Crippen molar-refractivity contribution in [2.45, 2.75) is 71.8 Å². The molecule has 0 saturated heterocycles. The standard InChI is InChI=1S/C26H35N5O3S/c1-15(2)20-13-18(19-14-28-31(16(3)4)23(19)29-20)24(32)30-26-22(25(33)27-11-8-12-34-5)17-9-6-7-10-21(17)35-26/h13-16H,6-12H2,1-5H3,(H,27,33)(H,30,32). The number of anilines is 1. The van der Waals surface area contributed by atoms with Crippen LogP contribution in [0.1, 0.15) is 95.8 Å². The van der Waals surface area contributed by atoms with E-state index in [1.807, 2.05) is 24.6 Å². The zero-order valence-electron chi connectivity index (χ0n) is 21.2. The van der Waals surface area contributed by atoms with Gasteiger partial charge in [-0.1, -0.05) is 13.8 Å². The second kappa shape index (κ2) is 10.9. The van der Waals surface area contributed by atoms with Gasteiger partial charge in [0, 0.05) is 36.9 Å². The van der Waals surface area contributed by atoms with Gasteiger partial charge in [0.1, 0.15) is 5.00 Å². The van der Waals surface area contributed by atoms with E-state index in [-0.39, 0.29) is 23.8 Å². The molecular formula is C26H35N5O3S. The first-order chi connectivity index (χ1) is 16.8. The molecule has 4 rings (SSSR count). The number of hydrogen-bond acceptors (Lipinski definition) is 6. The van der Waals surface area contributed by atoms with Crippen LogP contribution in [0.3, 0.4) is 0 Å². The Kier molecular flexibility index (Phi) is 7.86. The van der Waals surface area contributed by atoms with Crippen LogP contribution in [-0.2, 0) is 17.6 Å². The number of aromatic nitrogens is 3. The van der Waals surface area contributed by atoms with E-state index in [4.69, 9.17) is 9.72 Å². The Balaban J connectivity index is 1.70. The van der Waals surface area contributed by atoms with E-state index in [2.05, 4.69) is 29.6 Å². The third kappa shape index (κ3) is 5.26. The van der Waals surface area contributed by atoms with Crippen LogP contribution in [0.25, 0.3) is 11.0 Å². The van der Waals surface area contributed by atoms with E-state index in [9.17, 15) is 9.59 Å². The first-order valence-corrected chi connectivity index (χ1v) is 13.2. The van der Waals surface area contributed by atoms with Gasteiger partial charge in [-0.3, -0.25) is 9.59 Å². The summed E-state index contributed by atoms with van der Waals surface area (Å²) < 4.78 is 6.94. The number of aryl methyl sites for hydroxylation is 1. The molecule has 188 valence electrons. The molecule has 0 fully saturated rings. The average molecular weight is 498 g/mol. The molecule has 0 atom stereocenters. The van der Waals surface area contributed by atoms with Gasteiger partial charge in [0.25, 0.3) is 11.8 Å². The van der Waals surface area contributed by atoms with Crippen LogP contribution >= 0.6 is 11.3 Å². The molecule has 1 aliphatic rings. The maximum Gasteiger partial charge on any atom is 0.257 e. The van der Waals surface area contributed by atoms with Crippen LogP contribution in [0.15, 0.2) is 12.3 Å². The number of nitrogens with one attached hydrogen (secondary N) is 2. The van der Waals surface area contributed by atoms with E-state index in [1.165, 1.54) is 16.2 Å². The van der Waals surface area contributed by atoms with Crippen molar-refractivity contribution in [3.63, 3.8) is 0 Å².